The highest BCUT2D eigenvalue weighted by Crippen LogP contribution is 2.05. The summed E-state index contributed by atoms with van der Waals surface area (Å²) >= 11 is 0. The lowest BCUT2D eigenvalue weighted by atomic mass is 10.1. The Balaban J connectivity index is 2.30. The molecular formula is C12H24N2O3. The van der Waals surface area contributed by atoms with Crippen LogP contribution in [0.15, 0.2) is 0 Å². The summed E-state index contributed by atoms with van der Waals surface area (Å²) in [6.45, 7) is 8.54. The Kier molecular flexibility index (Phi) is 5.88. The average molecular weight is 244 g/mol. The Hall–Kier alpha value is -0.650. The van der Waals surface area contributed by atoms with E-state index >= 15 is 0 Å². The van der Waals surface area contributed by atoms with E-state index in [9.17, 15) is 4.79 Å². The highest BCUT2D eigenvalue weighted by atomic mass is 16.5. The molecule has 17 heavy (non-hydrogen) atoms. The smallest absolute Gasteiger partial charge is 0.234 e. The summed E-state index contributed by atoms with van der Waals surface area (Å²) in [5, 5.41) is 12.0. The zero-order valence-electron chi connectivity index (χ0n) is 11.0. The fourth-order valence-electron chi connectivity index (χ4n) is 1.70. The number of hydrogen-bond donors (Lipinski definition) is 2. The third-order valence-corrected chi connectivity index (χ3v) is 3.18. The van der Waals surface area contributed by atoms with Crippen LogP contribution in [0, 0.1) is 5.92 Å². The van der Waals surface area contributed by atoms with Crippen LogP contribution in [0.2, 0.25) is 0 Å². The number of carbonyl (C=O) groups excluding carboxylic acids is 1. The lowest BCUT2D eigenvalue weighted by Gasteiger charge is -2.31. The first kappa shape index (κ1) is 14.4. The van der Waals surface area contributed by atoms with E-state index in [1.807, 2.05) is 11.8 Å². The summed E-state index contributed by atoms with van der Waals surface area (Å²) in [4.78, 5) is 13.8. The van der Waals surface area contributed by atoms with E-state index in [-0.39, 0.29) is 24.7 Å². The van der Waals surface area contributed by atoms with Crippen molar-refractivity contribution in [1.82, 2.24) is 10.2 Å². The molecule has 1 rings (SSSR count). The molecule has 1 heterocycles. The number of amides is 1. The molecular weight excluding hydrogens is 220 g/mol. The monoisotopic (exact) mass is 244 g/mol. The molecule has 1 aliphatic heterocycles. The maximum atomic E-state index is 11.8. The Bertz CT molecular complexity index is 246. The molecule has 2 N–H and O–H groups in total. The third kappa shape index (κ3) is 5.02. The molecule has 0 radical (unpaired) electrons. The van der Waals surface area contributed by atoms with E-state index in [2.05, 4.69) is 19.2 Å². The van der Waals surface area contributed by atoms with E-state index in [4.69, 9.17) is 9.84 Å². The van der Waals surface area contributed by atoms with Gasteiger partial charge in [-0.25, -0.2) is 0 Å². The predicted molar refractivity (Wildman–Crippen MR) is 65.7 cm³/mol. The Labute approximate surface area is 103 Å². The van der Waals surface area contributed by atoms with Gasteiger partial charge in [-0.05, 0) is 12.8 Å². The molecule has 0 aliphatic carbocycles. The largest absolute Gasteiger partial charge is 0.394 e. The number of ether oxygens (including phenoxy) is 1. The third-order valence-electron chi connectivity index (χ3n) is 3.18. The van der Waals surface area contributed by atoms with Gasteiger partial charge >= 0.3 is 0 Å². The van der Waals surface area contributed by atoms with Crippen LogP contribution >= 0.6 is 0 Å². The molecule has 2 atom stereocenters. The van der Waals surface area contributed by atoms with Crippen molar-refractivity contribution in [2.24, 2.45) is 5.92 Å². The fraction of sp³-hybridized carbons (Fsp3) is 0.917. The Morgan fingerprint density at radius 1 is 1.53 bits per heavy atom. The number of aliphatic hydroxyl groups is 1. The molecule has 0 bridgehead atoms. The van der Waals surface area contributed by atoms with Crippen LogP contribution in [-0.4, -0.2) is 60.9 Å². The minimum Gasteiger partial charge on any atom is -0.394 e. The number of aliphatic hydroxyl groups excluding tert-OH is 1. The van der Waals surface area contributed by atoms with E-state index in [1.165, 1.54) is 0 Å². The first-order valence-corrected chi connectivity index (χ1v) is 6.27. The van der Waals surface area contributed by atoms with E-state index < -0.39 is 0 Å². The summed E-state index contributed by atoms with van der Waals surface area (Å²) < 4.78 is 5.33. The number of rotatable bonds is 5. The van der Waals surface area contributed by atoms with Gasteiger partial charge in [0.25, 0.3) is 0 Å². The van der Waals surface area contributed by atoms with Gasteiger partial charge in [-0.3, -0.25) is 9.69 Å². The molecule has 0 aromatic carbocycles. The molecule has 0 aromatic heterocycles. The second kappa shape index (κ2) is 6.93. The van der Waals surface area contributed by atoms with Crippen LogP contribution in [0.5, 0.6) is 0 Å². The van der Waals surface area contributed by atoms with Gasteiger partial charge in [-0.15, -0.1) is 0 Å². The van der Waals surface area contributed by atoms with Gasteiger partial charge in [0.1, 0.15) is 0 Å². The number of nitrogens with one attached hydrogen (secondary N) is 1. The Morgan fingerprint density at radius 3 is 2.82 bits per heavy atom. The number of hydrogen-bond acceptors (Lipinski definition) is 4. The average Bonchev–Trinajstić information content (AvgIpc) is 2.28. The van der Waals surface area contributed by atoms with Crippen LogP contribution in [0.3, 0.4) is 0 Å². The highest BCUT2D eigenvalue weighted by molar-refractivity contribution is 5.78. The van der Waals surface area contributed by atoms with Crippen molar-refractivity contribution in [3.63, 3.8) is 0 Å². The second-order valence-corrected chi connectivity index (χ2v) is 5.01. The molecule has 5 nitrogen and oxygen atoms in total. The molecule has 1 aliphatic rings. The predicted octanol–water partition coefficient (Wildman–Crippen LogP) is -0.160. The number of carbonyl (C=O) groups is 1. The molecule has 2 unspecified atom stereocenters. The van der Waals surface area contributed by atoms with Crippen LogP contribution in [0.1, 0.15) is 20.8 Å². The SMILES string of the molecule is CC(C)C(C)NC(=O)CN1CCOC(CO)C1. The van der Waals surface area contributed by atoms with Crippen molar-refractivity contribution in [3.8, 4) is 0 Å². The van der Waals surface area contributed by atoms with E-state index in [0.717, 1.165) is 6.54 Å². The number of morpholine rings is 1. The molecule has 0 spiro atoms. The van der Waals surface area contributed by atoms with Crippen LogP contribution in [-0.2, 0) is 9.53 Å². The molecule has 0 saturated carbocycles. The zero-order valence-corrected chi connectivity index (χ0v) is 11.0. The molecule has 1 saturated heterocycles. The number of nitrogens with zero attached hydrogens (tertiary/aromatic N) is 1. The van der Waals surface area contributed by atoms with Crippen LogP contribution < -0.4 is 5.32 Å². The van der Waals surface area contributed by atoms with Crippen molar-refractivity contribution in [3.05, 3.63) is 0 Å². The van der Waals surface area contributed by atoms with Gasteiger partial charge in [0.05, 0.1) is 25.9 Å². The summed E-state index contributed by atoms with van der Waals surface area (Å²) in [7, 11) is 0. The van der Waals surface area contributed by atoms with Crippen LogP contribution in [0.4, 0.5) is 0 Å². The van der Waals surface area contributed by atoms with Crippen molar-refractivity contribution in [2.75, 3.05) is 32.8 Å². The maximum absolute atomic E-state index is 11.8. The maximum Gasteiger partial charge on any atom is 0.234 e. The first-order valence-electron chi connectivity index (χ1n) is 6.27. The molecule has 0 aromatic rings. The van der Waals surface area contributed by atoms with Gasteiger partial charge in [0.15, 0.2) is 0 Å². The van der Waals surface area contributed by atoms with Gasteiger partial charge in [-0.1, -0.05) is 13.8 Å². The van der Waals surface area contributed by atoms with E-state index in [0.29, 0.717) is 25.6 Å². The topological polar surface area (TPSA) is 61.8 Å². The fourth-order valence-corrected chi connectivity index (χ4v) is 1.70. The normalized spacial score (nSPS) is 23.7. The lowest BCUT2D eigenvalue weighted by Crippen LogP contribution is -2.49. The minimum absolute atomic E-state index is 0.0144. The quantitative estimate of drug-likeness (QED) is 0.705. The first-order chi connectivity index (χ1) is 8.02. The van der Waals surface area contributed by atoms with Crippen molar-refractivity contribution in [1.29, 1.82) is 0 Å². The molecule has 1 fully saturated rings. The molecule has 5 heteroatoms. The highest BCUT2D eigenvalue weighted by Gasteiger charge is 2.22. The summed E-state index contributed by atoms with van der Waals surface area (Å²) in [6, 6.07) is 0.192. The van der Waals surface area contributed by atoms with Gasteiger partial charge in [0, 0.05) is 19.1 Å². The Morgan fingerprint density at radius 2 is 2.24 bits per heavy atom. The van der Waals surface area contributed by atoms with E-state index in [1.54, 1.807) is 0 Å². The lowest BCUT2D eigenvalue weighted by molar-refractivity contribution is -0.125. The summed E-state index contributed by atoms with van der Waals surface area (Å²) in [5.74, 6) is 0.485. The van der Waals surface area contributed by atoms with Crippen molar-refractivity contribution >= 4 is 5.91 Å². The standard InChI is InChI=1S/C12H24N2O3/c1-9(2)10(3)13-12(16)7-14-4-5-17-11(6-14)8-15/h9-11,15H,4-8H2,1-3H3,(H,13,16). The molecule has 100 valence electrons. The van der Waals surface area contributed by atoms with Crippen molar-refractivity contribution in [2.45, 2.75) is 32.9 Å². The zero-order chi connectivity index (χ0) is 12.8. The second-order valence-electron chi connectivity index (χ2n) is 5.01. The summed E-state index contributed by atoms with van der Waals surface area (Å²) in [6.07, 6.45) is -0.154. The molecule has 1 amide bonds. The minimum atomic E-state index is -0.154. The van der Waals surface area contributed by atoms with Gasteiger partial charge < -0.3 is 15.2 Å². The summed E-state index contributed by atoms with van der Waals surface area (Å²) in [5.41, 5.74) is 0. The van der Waals surface area contributed by atoms with Gasteiger partial charge in [0.2, 0.25) is 5.91 Å². The van der Waals surface area contributed by atoms with Crippen LogP contribution in [0.25, 0.3) is 0 Å². The van der Waals surface area contributed by atoms with Crippen molar-refractivity contribution < 1.29 is 14.6 Å². The van der Waals surface area contributed by atoms with Gasteiger partial charge in [-0.2, -0.15) is 0 Å².